The van der Waals surface area contributed by atoms with Gasteiger partial charge in [0, 0.05) is 46.3 Å². The molecule has 1 N–H and O–H groups in total. The second kappa shape index (κ2) is 8.94. The maximum Gasteiger partial charge on any atom is 0.350 e. The van der Waals surface area contributed by atoms with E-state index in [0.29, 0.717) is 37.2 Å². The van der Waals surface area contributed by atoms with Crippen LogP contribution in [0.25, 0.3) is 21.5 Å². The minimum atomic E-state index is -0.581. The Morgan fingerprint density at radius 2 is 1.91 bits per heavy atom. The van der Waals surface area contributed by atoms with Crippen molar-refractivity contribution in [2.75, 3.05) is 5.32 Å². The van der Waals surface area contributed by atoms with Crippen LogP contribution >= 0.6 is 22.9 Å². The van der Waals surface area contributed by atoms with Crippen LogP contribution in [0.2, 0.25) is 5.02 Å². The van der Waals surface area contributed by atoms with E-state index < -0.39 is 11.6 Å². The Kier molecular flexibility index (Phi) is 6.07. The summed E-state index contributed by atoms with van der Waals surface area (Å²) < 4.78 is 10.7. The molecule has 2 aromatic carbocycles. The molecule has 0 spiro atoms. The average Bonchev–Trinajstić information content (AvgIpc) is 3.13. The van der Waals surface area contributed by atoms with Gasteiger partial charge >= 0.3 is 11.6 Å². The molecule has 2 aromatic heterocycles. The molecule has 9 heteroatoms. The molecule has 0 saturated heterocycles. The van der Waals surface area contributed by atoms with E-state index in [1.54, 1.807) is 37.3 Å². The van der Waals surface area contributed by atoms with Gasteiger partial charge in [-0.25, -0.2) is 14.6 Å². The fourth-order valence-corrected chi connectivity index (χ4v) is 4.23. The zero-order valence-electron chi connectivity index (χ0n) is 17.1. The second-order valence-corrected chi connectivity index (χ2v) is 8.43. The fourth-order valence-electron chi connectivity index (χ4n) is 3.14. The topological polar surface area (TPSA) is 98.5 Å². The molecule has 2 heterocycles. The number of anilines is 1. The molecule has 0 radical (unpaired) electrons. The first-order valence-corrected chi connectivity index (χ1v) is 10.7. The Bertz CT molecular complexity index is 1390. The molecule has 0 aliphatic carbocycles. The summed E-state index contributed by atoms with van der Waals surface area (Å²) in [7, 11) is 0. The molecule has 0 fully saturated rings. The molecule has 0 saturated carbocycles. The highest BCUT2D eigenvalue weighted by Crippen LogP contribution is 2.30. The van der Waals surface area contributed by atoms with E-state index in [-0.39, 0.29) is 18.1 Å². The van der Waals surface area contributed by atoms with Crippen molar-refractivity contribution in [1.29, 1.82) is 0 Å². The summed E-state index contributed by atoms with van der Waals surface area (Å²) in [6.45, 7) is 3.01. The zero-order chi connectivity index (χ0) is 22.8. The molecule has 32 heavy (non-hydrogen) atoms. The SMILES string of the molecule is CC(=O)Nc1ccc2c(COC(=O)c3sc(-c4ccc(Cl)cc4)nc3C)cc(=O)oc2c1. The molecule has 162 valence electrons. The normalized spacial score (nSPS) is 10.8. The molecule has 0 atom stereocenters. The summed E-state index contributed by atoms with van der Waals surface area (Å²) in [6, 6.07) is 13.4. The second-order valence-electron chi connectivity index (χ2n) is 7.00. The predicted octanol–water partition coefficient (Wildman–Crippen LogP) is 5.19. The number of aryl methyl sites for hydroxylation is 1. The Morgan fingerprint density at radius 3 is 2.62 bits per heavy atom. The highest BCUT2D eigenvalue weighted by Gasteiger charge is 2.18. The first kappa shape index (κ1) is 21.7. The molecule has 0 bridgehead atoms. The Morgan fingerprint density at radius 1 is 1.16 bits per heavy atom. The van der Waals surface area contributed by atoms with E-state index in [1.807, 2.05) is 12.1 Å². The lowest BCUT2D eigenvalue weighted by Crippen LogP contribution is -2.08. The summed E-state index contributed by atoms with van der Waals surface area (Å²) in [5, 5.41) is 4.54. The number of nitrogens with one attached hydrogen (secondary N) is 1. The lowest BCUT2D eigenvalue weighted by molar-refractivity contribution is -0.114. The van der Waals surface area contributed by atoms with Gasteiger partial charge in [-0.05, 0) is 31.2 Å². The number of benzene rings is 2. The van der Waals surface area contributed by atoms with Crippen LogP contribution in [0, 0.1) is 6.92 Å². The maximum atomic E-state index is 12.7. The quantitative estimate of drug-likeness (QED) is 0.319. The van der Waals surface area contributed by atoms with E-state index in [4.69, 9.17) is 20.8 Å². The summed E-state index contributed by atoms with van der Waals surface area (Å²) in [4.78, 5) is 40.8. The number of esters is 1. The highest BCUT2D eigenvalue weighted by atomic mass is 35.5. The van der Waals surface area contributed by atoms with Gasteiger partial charge in [0.1, 0.15) is 22.1 Å². The number of rotatable bonds is 5. The van der Waals surface area contributed by atoms with Crippen LogP contribution in [0.4, 0.5) is 5.69 Å². The number of thiazole rings is 1. The van der Waals surface area contributed by atoms with Crippen LogP contribution in [0.15, 0.2) is 57.7 Å². The number of hydrogen-bond donors (Lipinski definition) is 1. The smallest absolute Gasteiger partial charge is 0.350 e. The average molecular weight is 469 g/mol. The molecule has 0 aliphatic heterocycles. The van der Waals surface area contributed by atoms with Gasteiger partial charge in [-0.1, -0.05) is 23.7 Å². The Hall–Kier alpha value is -3.49. The first-order valence-electron chi connectivity index (χ1n) is 9.55. The number of aromatic nitrogens is 1. The molecule has 7 nitrogen and oxygen atoms in total. The summed E-state index contributed by atoms with van der Waals surface area (Å²) >= 11 is 7.16. The van der Waals surface area contributed by atoms with Gasteiger partial charge in [-0.3, -0.25) is 4.79 Å². The van der Waals surface area contributed by atoms with Gasteiger partial charge in [0.2, 0.25) is 5.91 Å². The third-order valence-electron chi connectivity index (χ3n) is 4.58. The first-order chi connectivity index (χ1) is 15.3. The number of hydrogen-bond acceptors (Lipinski definition) is 7. The van der Waals surface area contributed by atoms with E-state index >= 15 is 0 Å². The lowest BCUT2D eigenvalue weighted by Gasteiger charge is -2.08. The Balaban J connectivity index is 1.56. The molecule has 0 unspecified atom stereocenters. The van der Waals surface area contributed by atoms with Crippen molar-refractivity contribution in [2.45, 2.75) is 20.5 Å². The number of carbonyl (C=O) groups is 2. The predicted molar refractivity (Wildman–Crippen MR) is 123 cm³/mol. The lowest BCUT2D eigenvalue weighted by atomic mass is 10.1. The van der Waals surface area contributed by atoms with Gasteiger partial charge < -0.3 is 14.5 Å². The van der Waals surface area contributed by atoms with Crippen molar-refractivity contribution in [3.05, 3.63) is 80.1 Å². The van der Waals surface area contributed by atoms with Gasteiger partial charge in [0.05, 0.1) is 5.69 Å². The van der Waals surface area contributed by atoms with Crippen molar-refractivity contribution in [1.82, 2.24) is 4.98 Å². The summed E-state index contributed by atoms with van der Waals surface area (Å²) in [6.07, 6.45) is 0. The zero-order valence-corrected chi connectivity index (χ0v) is 18.7. The number of nitrogens with zero attached hydrogens (tertiary/aromatic N) is 1. The van der Waals surface area contributed by atoms with E-state index in [9.17, 15) is 14.4 Å². The van der Waals surface area contributed by atoms with Crippen LogP contribution < -0.4 is 10.9 Å². The van der Waals surface area contributed by atoms with Crippen LogP contribution in [-0.2, 0) is 16.1 Å². The molecule has 1 amide bonds. The monoisotopic (exact) mass is 468 g/mol. The van der Waals surface area contributed by atoms with Gasteiger partial charge in [-0.2, -0.15) is 0 Å². The minimum absolute atomic E-state index is 0.117. The van der Waals surface area contributed by atoms with Crippen LogP contribution in [0.3, 0.4) is 0 Å². The van der Waals surface area contributed by atoms with E-state index in [2.05, 4.69) is 10.3 Å². The van der Waals surface area contributed by atoms with E-state index in [1.165, 1.54) is 24.3 Å². The van der Waals surface area contributed by atoms with Crippen LogP contribution in [0.1, 0.15) is 27.9 Å². The molecule has 0 aliphatic rings. The van der Waals surface area contributed by atoms with Crippen molar-refractivity contribution < 1.29 is 18.7 Å². The number of ether oxygens (including phenoxy) is 1. The number of halogens is 1. The van der Waals surface area contributed by atoms with Crippen LogP contribution in [-0.4, -0.2) is 16.9 Å². The number of carbonyl (C=O) groups excluding carboxylic acids is 2. The Labute approximate surface area is 191 Å². The molecule has 4 rings (SSSR count). The van der Waals surface area contributed by atoms with Gasteiger partial charge in [0.25, 0.3) is 0 Å². The third kappa shape index (κ3) is 4.71. The van der Waals surface area contributed by atoms with Crippen molar-refractivity contribution in [3.63, 3.8) is 0 Å². The number of amides is 1. The van der Waals surface area contributed by atoms with Crippen molar-refractivity contribution >= 4 is 51.5 Å². The highest BCUT2D eigenvalue weighted by molar-refractivity contribution is 7.17. The van der Waals surface area contributed by atoms with Gasteiger partial charge in [0.15, 0.2) is 0 Å². The maximum absolute atomic E-state index is 12.7. The third-order valence-corrected chi connectivity index (χ3v) is 6.02. The molecular formula is C23H17ClN2O5S. The molecule has 4 aromatic rings. The summed E-state index contributed by atoms with van der Waals surface area (Å²) in [5.41, 5.74) is 2.11. The van der Waals surface area contributed by atoms with E-state index in [0.717, 1.165) is 5.56 Å². The fraction of sp³-hybridized carbons (Fsp3) is 0.130. The number of fused-ring (bicyclic) bond motifs is 1. The van der Waals surface area contributed by atoms with Crippen LogP contribution in [0.5, 0.6) is 0 Å². The summed E-state index contributed by atoms with van der Waals surface area (Å²) in [5.74, 6) is -0.772. The standard InChI is InChI=1S/C23H17ClN2O5S/c1-12-21(32-22(25-12)14-3-5-16(24)6-4-14)23(29)30-11-15-9-20(28)31-19-10-17(26-13(2)27)7-8-18(15)19/h3-10H,11H2,1-2H3,(H,26,27). The van der Waals surface area contributed by atoms with Gasteiger partial charge in [-0.15, -0.1) is 11.3 Å². The van der Waals surface area contributed by atoms with Crippen molar-refractivity contribution in [2.24, 2.45) is 0 Å². The van der Waals surface area contributed by atoms with Crippen molar-refractivity contribution in [3.8, 4) is 10.6 Å². The molecular weight excluding hydrogens is 452 g/mol. The minimum Gasteiger partial charge on any atom is -0.457 e. The largest absolute Gasteiger partial charge is 0.457 e.